The first kappa shape index (κ1) is 17.4. The maximum Gasteiger partial charge on any atom is 0.278 e. The van der Waals surface area contributed by atoms with E-state index >= 15 is 0 Å². The molecule has 5 rings (SSSR count). The molecule has 0 unspecified atom stereocenters. The van der Waals surface area contributed by atoms with Crippen LogP contribution >= 0.6 is 11.6 Å². The highest BCUT2D eigenvalue weighted by Crippen LogP contribution is 2.39. The van der Waals surface area contributed by atoms with Crippen molar-refractivity contribution in [3.8, 4) is 11.6 Å². The van der Waals surface area contributed by atoms with Gasteiger partial charge in [0.15, 0.2) is 11.5 Å². The van der Waals surface area contributed by atoms with Gasteiger partial charge in [-0.2, -0.15) is 10.1 Å². The molecule has 28 heavy (non-hydrogen) atoms. The molecule has 144 valence electrons. The molecule has 1 aromatic carbocycles. The fraction of sp³-hybridized carbons (Fsp3) is 0.368. The number of hydrogen-bond acceptors (Lipinski definition) is 5. The van der Waals surface area contributed by atoms with Crippen molar-refractivity contribution in [2.24, 2.45) is 7.05 Å². The fourth-order valence-electron chi connectivity index (χ4n) is 3.61. The number of rotatable bonds is 3. The largest absolute Gasteiger partial charge is 0.334 e. The minimum Gasteiger partial charge on any atom is -0.334 e. The van der Waals surface area contributed by atoms with E-state index in [0.29, 0.717) is 42.8 Å². The number of fused-ring (bicyclic) bond motifs is 1. The van der Waals surface area contributed by atoms with Crippen LogP contribution in [0.2, 0.25) is 5.02 Å². The van der Waals surface area contributed by atoms with E-state index in [2.05, 4.69) is 15.2 Å². The normalized spacial score (nSPS) is 16.3. The van der Waals surface area contributed by atoms with Gasteiger partial charge in [-0.25, -0.2) is 4.39 Å². The minimum absolute atomic E-state index is 0.157. The van der Waals surface area contributed by atoms with Crippen LogP contribution in [0.15, 0.2) is 22.7 Å². The molecule has 1 fully saturated rings. The molecule has 0 atom stereocenters. The monoisotopic (exact) mass is 401 g/mol. The summed E-state index contributed by atoms with van der Waals surface area (Å²) in [4.78, 5) is 19.1. The van der Waals surface area contributed by atoms with E-state index in [1.54, 1.807) is 9.58 Å². The third-order valence-electron chi connectivity index (χ3n) is 5.28. The molecular formula is C19H17ClFN5O2. The highest BCUT2D eigenvalue weighted by Gasteiger charge is 2.33. The molecule has 2 aliphatic rings. The van der Waals surface area contributed by atoms with Gasteiger partial charge in [0.05, 0.1) is 17.1 Å². The Morgan fingerprint density at radius 2 is 2.18 bits per heavy atom. The zero-order valence-electron chi connectivity index (χ0n) is 15.2. The van der Waals surface area contributed by atoms with Crippen molar-refractivity contribution < 1.29 is 13.7 Å². The highest BCUT2D eigenvalue weighted by molar-refractivity contribution is 6.33. The van der Waals surface area contributed by atoms with Crippen LogP contribution in [-0.4, -0.2) is 37.3 Å². The molecule has 1 aliphatic heterocycles. The molecule has 0 spiro atoms. The van der Waals surface area contributed by atoms with Crippen molar-refractivity contribution in [3.05, 3.63) is 51.7 Å². The number of aryl methyl sites for hydroxylation is 1. The first-order chi connectivity index (χ1) is 13.5. The van der Waals surface area contributed by atoms with E-state index in [0.717, 1.165) is 24.1 Å². The Kier molecular flexibility index (Phi) is 3.97. The number of halogens is 2. The minimum atomic E-state index is -0.494. The summed E-state index contributed by atoms with van der Waals surface area (Å²) in [5.74, 6) is 0.659. The second-order valence-electron chi connectivity index (χ2n) is 7.23. The second kappa shape index (κ2) is 6.41. The SMILES string of the molecule is Cn1nc(-c2nc(C3CC3)no2)c2c1CCN(C(=O)c1cc(F)ccc1Cl)C2. The summed E-state index contributed by atoms with van der Waals surface area (Å²) in [5.41, 5.74) is 2.65. The first-order valence-electron chi connectivity index (χ1n) is 9.14. The Morgan fingerprint density at radius 1 is 1.36 bits per heavy atom. The van der Waals surface area contributed by atoms with Gasteiger partial charge in [-0.3, -0.25) is 9.48 Å². The molecule has 0 N–H and O–H groups in total. The third-order valence-corrected chi connectivity index (χ3v) is 5.60. The average molecular weight is 402 g/mol. The van der Waals surface area contributed by atoms with Crippen LogP contribution in [0, 0.1) is 5.82 Å². The lowest BCUT2D eigenvalue weighted by Gasteiger charge is -2.28. The Hall–Kier alpha value is -2.74. The van der Waals surface area contributed by atoms with E-state index in [1.165, 1.54) is 18.2 Å². The number of hydrogen-bond donors (Lipinski definition) is 0. The molecule has 3 aromatic rings. The van der Waals surface area contributed by atoms with Gasteiger partial charge in [-0.1, -0.05) is 16.8 Å². The Morgan fingerprint density at radius 3 is 2.96 bits per heavy atom. The molecule has 0 radical (unpaired) electrons. The van der Waals surface area contributed by atoms with Crippen LogP contribution in [0.1, 0.15) is 46.2 Å². The van der Waals surface area contributed by atoms with Crippen molar-refractivity contribution in [2.75, 3.05) is 6.54 Å². The van der Waals surface area contributed by atoms with E-state index in [1.807, 2.05) is 7.05 Å². The summed E-state index contributed by atoms with van der Waals surface area (Å²) in [5, 5.41) is 8.84. The van der Waals surface area contributed by atoms with Gasteiger partial charge in [0.1, 0.15) is 5.82 Å². The summed E-state index contributed by atoms with van der Waals surface area (Å²) in [6, 6.07) is 3.80. The van der Waals surface area contributed by atoms with Gasteiger partial charge in [-0.05, 0) is 31.0 Å². The quantitative estimate of drug-likeness (QED) is 0.672. The Bertz CT molecular complexity index is 1090. The summed E-state index contributed by atoms with van der Waals surface area (Å²) in [7, 11) is 1.86. The molecule has 0 bridgehead atoms. The number of benzene rings is 1. The van der Waals surface area contributed by atoms with Gasteiger partial charge < -0.3 is 9.42 Å². The molecule has 7 nitrogen and oxygen atoms in total. The maximum atomic E-state index is 13.6. The number of aromatic nitrogens is 4. The molecule has 1 amide bonds. The van der Waals surface area contributed by atoms with Crippen molar-refractivity contribution in [3.63, 3.8) is 0 Å². The van der Waals surface area contributed by atoms with Crippen molar-refractivity contribution >= 4 is 17.5 Å². The molecule has 1 saturated carbocycles. The van der Waals surface area contributed by atoms with Gasteiger partial charge in [-0.15, -0.1) is 0 Å². The number of nitrogens with zero attached hydrogens (tertiary/aromatic N) is 5. The predicted octanol–water partition coefficient (Wildman–Crippen LogP) is 3.34. The van der Waals surface area contributed by atoms with Crippen LogP contribution in [0.4, 0.5) is 4.39 Å². The fourth-order valence-corrected chi connectivity index (χ4v) is 3.81. The summed E-state index contributed by atoms with van der Waals surface area (Å²) < 4.78 is 20.8. The van der Waals surface area contributed by atoms with Gasteiger partial charge in [0.2, 0.25) is 0 Å². The summed E-state index contributed by atoms with van der Waals surface area (Å²) in [6.45, 7) is 0.820. The third kappa shape index (κ3) is 2.88. The zero-order valence-corrected chi connectivity index (χ0v) is 15.9. The molecular weight excluding hydrogens is 385 g/mol. The van der Waals surface area contributed by atoms with E-state index < -0.39 is 5.82 Å². The smallest absolute Gasteiger partial charge is 0.278 e. The van der Waals surface area contributed by atoms with Crippen molar-refractivity contribution in [1.29, 1.82) is 0 Å². The van der Waals surface area contributed by atoms with Crippen LogP contribution in [-0.2, 0) is 20.0 Å². The Labute approximate surface area is 165 Å². The molecule has 1 aliphatic carbocycles. The maximum absolute atomic E-state index is 13.6. The number of amides is 1. The van der Waals surface area contributed by atoms with Crippen molar-refractivity contribution in [1.82, 2.24) is 24.8 Å². The van der Waals surface area contributed by atoms with Crippen LogP contribution < -0.4 is 0 Å². The van der Waals surface area contributed by atoms with Gasteiger partial charge >= 0.3 is 0 Å². The lowest BCUT2D eigenvalue weighted by molar-refractivity contribution is 0.0733. The topological polar surface area (TPSA) is 77.1 Å². The lowest BCUT2D eigenvalue weighted by Crippen LogP contribution is -2.36. The van der Waals surface area contributed by atoms with E-state index in [-0.39, 0.29) is 16.5 Å². The standard InChI is InChI=1S/C19H17ClFN5O2/c1-25-15-6-7-26(19(27)12-8-11(21)4-5-14(12)20)9-13(15)16(23-25)18-22-17(24-28-18)10-2-3-10/h4-5,8,10H,2-3,6-7,9H2,1H3. The van der Waals surface area contributed by atoms with E-state index in [9.17, 15) is 9.18 Å². The molecule has 9 heteroatoms. The number of carbonyl (C=O) groups is 1. The first-order valence-corrected chi connectivity index (χ1v) is 9.52. The molecule has 3 heterocycles. The average Bonchev–Trinajstić information content (AvgIpc) is 3.34. The zero-order chi connectivity index (χ0) is 19.4. The summed E-state index contributed by atoms with van der Waals surface area (Å²) in [6.07, 6.45) is 2.78. The van der Waals surface area contributed by atoms with E-state index in [4.69, 9.17) is 16.1 Å². The highest BCUT2D eigenvalue weighted by atomic mass is 35.5. The number of carbonyl (C=O) groups excluding carboxylic acids is 1. The molecule has 2 aromatic heterocycles. The van der Waals surface area contributed by atoms with Crippen LogP contribution in [0.3, 0.4) is 0 Å². The van der Waals surface area contributed by atoms with Gasteiger partial charge in [0, 0.05) is 37.2 Å². The van der Waals surface area contributed by atoms with Crippen LogP contribution in [0.25, 0.3) is 11.6 Å². The Balaban J connectivity index is 1.47. The molecule has 0 saturated heterocycles. The predicted molar refractivity (Wildman–Crippen MR) is 98.3 cm³/mol. The van der Waals surface area contributed by atoms with Gasteiger partial charge in [0.25, 0.3) is 11.8 Å². The lowest BCUT2D eigenvalue weighted by atomic mass is 10.0. The second-order valence-corrected chi connectivity index (χ2v) is 7.64. The van der Waals surface area contributed by atoms with Crippen LogP contribution in [0.5, 0.6) is 0 Å². The summed E-state index contributed by atoms with van der Waals surface area (Å²) >= 11 is 6.12. The van der Waals surface area contributed by atoms with Crippen molar-refractivity contribution in [2.45, 2.75) is 31.7 Å².